The fourth-order valence-corrected chi connectivity index (χ4v) is 3.64. The van der Waals surface area contributed by atoms with E-state index in [1.54, 1.807) is 11.3 Å². The predicted octanol–water partition coefficient (Wildman–Crippen LogP) is 5.54. The zero-order chi connectivity index (χ0) is 12.4. The summed E-state index contributed by atoms with van der Waals surface area (Å²) in [4.78, 5) is 2.58. The minimum Gasteiger partial charge on any atom is -0.144 e. The van der Waals surface area contributed by atoms with Gasteiger partial charge in [-0.15, -0.1) is 22.9 Å². The first-order valence-corrected chi connectivity index (χ1v) is 7.15. The van der Waals surface area contributed by atoms with Crippen LogP contribution in [0.1, 0.15) is 26.3 Å². The Kier molecular flexibility index (Phi) is 4.13. The lowest BCUT2D eigenvalue weighted by atomic mass is 10.1. The van der Waals surface area contributed by atoms with Crippen LogP contribution in [0.4, 0.5) is 0 Å². The summed E-state index contributed by atoms with van der Waals surface area (Å²) >= 11 is 14.2. The fraction of sp³-hybridized carbons (Fsp3) is 0.286. The van der Waals surface area contributed by atoms with Crippen molar-refractivity contribution in [2.75, 3.05) is 0 Å². The summed E-state index contributed by atoms with van der Waals surface area (Å²) in [5, 5.41) is 0.803. The molecule has 1 aromatic heterocycles. The Morgan fingerprint density at radius 1 is 1.24 bits per heavy atom. The van der Waals surface area contributed by atoms with E-state index in [1.165, 1.54) is 20.9 Å². The molecule has 0 nitrogen and oxygen atoms in total. The third-order valence-corrected chi connectivity index (χ3v) is 4.67. The highest BCUT2D eigenvalue weighted by Gasteiger charge is 2.14. The molecule has 0 fully saturated rings. The van der Waals surface area contributed by atoms with Gasteiger partial charge in [0.05, 0.1) is 5.38 Å². The average molecular weight is 285 g/mol. The fourth-order valence-electron chi connectivity index (χ4n) is 1.93. The Labute approximate surface area is 116 Å². The van der Waals surface area contributed by atoms with Crippen molar-refractivity contribution in [3.05, 3.63) is 56.2 Å². The van der Waals surface area contributed by atoms with Gasteiger partial charge in [0.25, 0.3) is 0 Å². The van der Waals surface area contributed by atoms with Gasteiger partial charge in [0.15, 0.2) is 0 Å². The summed E-state index contributed by atoms with van der Waals surface area (Å²) < 4.78 is 0. The van der Waals surface area contributed by atoms with Gasteiger partial charge in [0.1, 0.15) is 0 Å². The van der Waals surface area contributed by atoms with E-state index in [-0.39, 0.29) is 5.38 Å². The zero-order valence-corrected chi connectivity index (χ0v) is 12.2. The topological polar surface area (TPSA) is 0 Å². The number of halogens is 2. The molecule has 0 saturated carbocycles. The monoisotopic (exact) mass is 284 g/mol. The minimum atomic E-state index is 0.0344. The van der Waals surface area contributed by atoms with Crippen LogP contribution in [0.5, 0.6) is 0 Å². The van der Waals surface area contributed by atoms with Crippen molar-refractivity contribution >= 4 is 34.5 Å². The summed E-state index contributed by atoms with van der Waals surface area (Å²) in [5.41, 5.74) is 2.47. The SMILES string of the molecule is Cc1cc(C)c(C(Cl)Cc2cccc(Cl)c2)s1. The van der Waals surface area contributed by atoms with Gasteiger partial charge in [-0.2, -0.15) is 0 Å². The third-order valence-electron chi connectivity index (χ3n) is 2.67. The lowest BCUT2D eigenvalue weighted by Gasteiger charge is -2.09. The molecule has 17 heavy (non-hydrogen) atoms. The molecule has 1 unspecified atom stereocenters. The van der Waals surface area contributed by atoms with Crippen molar-refractivity contribution in [1.82, 2.24) is 0 Å². The second-order valence-corrected chi connectivity index (χ2v) is 6.46. The molecule has 90 valence electrons. The largest absolute Gasteiger partial charge is 0.144 e. The number of aryl methyl sites for hydroxylation is 2. The van der Waals surface area contributed by atoms with Gasteiger partial charge in [0.2, 0.25) is 0 Å². The van der Waals surface area contributed by atoms with Gasteiger partial charge in [-0.1, -0.05) is 23.7 Å². The molecule has 0 saturated heterocycles. The minimum absolute atomic E-state index is 0.0344. The van der Waals surface area contributed by atoms with Crippen molar-refractivity contribution in [2.45, 2.75) is 25.6 Å². The van der Waals surface area contributed by atoms with Crippen molar-refractivity contribution in [3.63, 3.8) is 0 Å². The molecule has 0 amide bonds. The van der Waals surface area contributed by atoms with Gasteiger partial charge in [0, 0.05) is 14.8 Å². The van der Waals surface area contributed by atoms with Crippen LogP contribution in [0.25, 0.3) is 0 Å². The molecule has 1 heterocycles. The third kappa shape index (κ3) is 3.25. The van der Waals surface area contributed by atoms with Crippen LogP contribution in [0.2, 0.25) is 5.02 Å². The van der Waals surface area contributed by atoms with E-state index in [1.807, 2.05) is 18.2 Å². The first-order valence-electron chi connectivity index (χ1n) is 5.51. The maximum Gasteiger partial charge on any atom is 0.0721 e. The molecule has 0 radical (unpaired) electrons. The smallest absolute Gasteiger partial charge is 0.0721 e. The number of rotatable bonds is 3. The van der Waals surface area contributed by atoms with Crippen LogP contribution in [0.15, 0.2) is 30.3 Å². The normalized spacial score (nSPS) is 12.7. The number of hydrogen-bond donors (Lipinski definition) is 0. The first-order chi connectivity index (χ1) is 8.06. The van der Waals surface area contributed by atoms with E-state index < -0.39 is 0 Å². The Balaban J connectivity index is 2.16. The van der Waals surface area contributed by atoms with Crippen LogP contribution < -0.4 is 0 Å². The predicted molar refractivity (Wildman–Crippen MR) is 77.5 cm³/mol. The molecule has 0 bridgehead atoms. The molecule has 0 spiro atoms. The number of alkyl halides is 1. The maximum atomic E-state index is 6.48. The van der Waals surface area contributed by atoms with Gasteiger partial charge < -0.3 is 0 Å². The van der Waals surface area contributed by atoms with Crippen LogP contribution in [0.3, 0.4) is 0 Å². The van der Waals surface area contributed by atoms with Crippen molar-refractivity contribution in [2.24, 2.45) is 0 Å². The second-order valence-electron chi connectivity index (χ2n) is 4.21. The molecule has 3 heteroatoms. The zero-order valence-electron chi connectivity index (χ0n) is 9.84. The van der Waals surface area contributed by atoms with Crippen molar-refractivity contribution < 1.29 is 0 Å². The van der Waals surface area contributed by atoms with Crippen molar-refractivity contribution in [1.29, 1.82) is 0 Å². The Morgan fingerprint density at radius 2 is 2.00 bits per heavy atom. The Hall–Kier alpha value is -0.500. The second kappa shape index (κ2) is 5.43. The average Bonchev–Trinajstić information content (AvgIpc) is 2.58. The van der Waals surface area contributed by atoms with Crippen LogP contribution in [-0.2, 0) is 6.42 Å². The van der Waals surface area contributed by atoms with Gasteiger partial charge in [-0.25, -0.2) is 0 Å². The quantitative estimate of drug-likeness (QED) is 0.649. The highest BCUT2D eigenvalue weighted by molar-refractivity contribution is 7.12. The van der Waals surface area contributed by atoms with Gasteiger partial charge >= 0.3 is 0 Å². The van der Waals surface area contributed by atoms with E-state index in [9.17, 15) is 0 Å². The molecule has 1 atom stereocenters. The Morgan fingerprint density at radius 3 is 2.59 bits per heavy atom. The molecule has 0 N–H and O–H groups in total. The lowest BCUT2D eigenvalue weighted by molar-refractivity contribution is 0.932. The summed E-state index contributed by atoms with van der Waals surface area (Å²) in [7, 11) is 0. The Bertz CT molecular complexity index is 517. The summed E-state index contributed by atoms with van der Waals surface area (Å²) in [6, 6.07) is 10.1. The summed E-state index contributed by atoms with van der Waals surface area (Å²) in [6.45, 7) is 4.23. The summed E-state index contributed by atoms with van der Waals surface area (Å²) in [6.07, 6.45) is 0.822. The van der Waals surface area contributed by atoms with Crippen molar-refractivity contribution in [3.8, 4) is 0 Å². The van der Waals surface area contributed by atoms with Gasteiger partial charge in [-0.05, 0) is 49.6 Å². The summed E-state index contributed by atoms with van der Waals surface area (Å²) in [5.74, 6) is 0. The molecule has 0 aliphatic heterocycles. The molecular formula is C14H14Cl2S. The molecule has 1 aromatic carbocycles. The van der Waals surface area contributed by atoms with E-state index in [2.05, 4.69) is 26.0 Å². The van der Waals surface area contributed by atoms with E-state index in [0.717, 1.165) is 11.4 Å². The van der Waals surface area contributed by atoms with E-state index >= 15 is 0 Å². The highest BCUT2D eigenvalue weighted by atomic mass is 35.5. The highest BCUT2D eigenvalue weighted by Crippen LogP contribution is 2.34. The maximum absolute atomic E-state index is 6.48. The molecule has 2 rings (SSSR count). The number of benzene rings is 1. The number of thiophene rings is 1. The molecule has 0 aliphatic rings. The van der Waals surface area contributed by atoms with Crippen LogP contribution in [-0.4, -0.2) is 0 Å². The molecule has 0 aliphatic carbocycles. The standard InChI is InChI=1S/C14H14Cl2S/c1-9-6-10(2)17-14(9)13(16)8-11-4-3-5-12(15)7-11/h3-7,13H,8H2,1-2H3. The van der Waals surface area contributed by atoms with Crippen LogP contribution in [0, 0.1) is 13.8 Å². The van der Waals surface area contributed by atoms with E-state index in [0.29, 0.717) is 0 Å². The molecule has 2 aromatic rings. The molecular weight excluding hydrogens is 271 g/mol. The van der Waals surface area contributed by atoms with Gasteiger partial charge in [-0.3, -0.25) is 0 Å². The van der Waals surface area contributed by atoms with E-state index in [4.69, 9.17) is 23.2 Å². The first kappa shape index (κ1) is 12.9. The lowest BCUT2D eigenvalue weighted by Crippen LogP contribution is -1.95. The number of hydrogen-bond acceptors (Lipinski definition) is 1. The van der Waals surface area contributed by atoms with Crippen LogP contribution >= 0.6 is 34.5 Å².